The number of esters is 1. The van der Waals surface area contributed by atoms with E-state index in [0.717, 1.165) is 37.0 Å². The number of hydrogen-bond donors (Lipinski definition) is 1. The summed E-state index contributed by atoms with van der Waals surface area (Å²) in [6.45, 7) is 5.04. The number of unbranched alkanes of at least 4 members (excludes halogenated alkanes) is 6. The van der Waals surface area contributed by atoms with E-state index in [1.165, 1.54) is 32.1 Å². The first-order valence-electron chi connectivity index (χ1n) is 11.6. The van der Waals surface area contributed by atoms with Crippen molar-refractivity contribution < 1.29 is 19.4 Å². The normalized spacial score (nSPS) is 12.5. The van der Waals surface area contributed by atoms with Gasteiger partial charge in [0.1, 0.15) is 5.75 Å². The number of carbonyl (C=O) groups is 1. The summed E-state index contributed by atoms with van der Waals surface area (Å²) in [5.74, 6) is 0.678. The van der Waals surface area contributed by atoms with E-state index in [4.69, 9.17) is 9.47 Å². The van der Waals surface area contributed by atoms with Gasteiger partial charge in [-0.1, -0.05) is 88.0 Å². The molecule has 1 atom stereocenters. The van der Waals surface area contributed by atoms with Crippen LogP contribution in [0.1, 0.15) is 83.6 Å². The Hall–Kier alpha value is -2.07. The second-order valence-electron chi connectivity index (χ2n) is 7.52. The van der Waals surface area contributed by atoms with Crippen LogP contribution in [-0.2, 0) is 9.53 Å². The third-order valence-corrected chi connectivity index (χ3v) is 4.83. The monoisotopic (exact) mass is 416 g/mol. The van der Waals surface area contributed by atoms with Crippen molar-refractivity contribution in [1.82, 2.24) is 0 Å². The fourth-order valence-corrected chi connectivity index (χ4v) is 3.12. The van der Waals surface area contributed by atoms with Gasteiger partial charge < -0.3 is 14.6 Å². The van der Waals surface area contributed by atoms with Crippen LogP contribution in [0.3, 0.4) is 0 Å². The Morgan fingerprint density at radius 2 is 1.77 bits per heavy atom. The summed E-state index contributed by atoms with van der Waals surface area (Å²) in [7, 11) is 0. The molecule has 0 saturated heterocycles. The Labute approximate surface area is 183 Å². The molecule has 0 heterocycles. The molecule has 168 valence electrons. The van der Waals surface area contributed by atoms with Crippen LogP contribution in [0, 0.1) is 0 Å². The maximum absolute atomic E-state index is 11.3. The molecule has 0 fully saturated rings. The lowest BCUT2D eigenvalue weighted by Gasteiger charge is -2.09. The highest BCUT2D eigenvalue weighted by molar-refractivity contribution is 5.69. The minimum Gasteiger partial charge on any atom is -0.493 e. The molecule has 1 N–H and O–H groups in total. The SMILES string of the molecule is CCCCCCCC[C@H](O)/C=C/C=C/c1ccccc1OCCCCC(=O)OCC. The summed E-state index contributed by atoms with van der Waals surface area (Å²) < 4.78 is 10.8. The van der Waals surface area contributed by atoms with Crippen LogP contribution in [0.25, 0.3) is 6.08 Å². The first-order valence-corrected chi connectivity index (χ1v) is 11.6. The fraction of sp³-hybridized carbons (Fsp3) is 0.577. The average molecular weight is 417 g/mol. The molecule has 1 aromatic carbocycles. The van der Waals surface area contributed by atoms with Gasteiger partial charge in [-0.05, 0) is 32.3 Å². The number of para-hydroxylation sites is 1. The lowest BCUT2D eigenvalue weighted by molar-refractivity contribution is -0.143. The number of aliphatic hydroxyl groups is 1. The number of carbonyl (C=O) groups excluding carboxylic acids is 1. The van der Waals surface area contributed by atoms with Gasteiger partial charge in [-0.25, -0.2) is 0 Å². The van der Waals surface area contributed by atoms with Crippen molar-refractivity contribution in [3.05, 3.63) is 48.1 Å². The van der Waals surface area contributed by atoms with Crippen LogP contribution < -0.4 is 4.74 Å². The minimum absolute atomic E-state index is 0.147. The van der Waals surface area contributed by atoms with Gasteiger partial charge in [0.05, 0.1) is 19.3 Å². The van der Waals surface area contributed by atoms with E-state index in [1.807, 2.05) is 55.5 Å². The Kier molecular flexibility index (Phi) is 15.4. The number of benzene rings is 1. The zero-order chi connectivity index (χ0) is 21.9. The lowest BCUT2D eigenvalue weighted by Crippen LogP contribution is -2.05. The van der Waals surface area contributed by atoms with Crippen LogP contribution in [0.5, 0.6) is 5.75 Å². The molecule has 1 aromatic rings. The summed E-state index contributed by atoms with van der Waals surface area (Å²) in [5, 5.41) is 10.1. The van der Waals surface area contributed by atoms with Crippen molar-refractivity contribution in [3.8, 4) is 5.75 Å². The standard InChI is InChI=1S/C26H40O4/c1-3-5-6-7-8-9-18-24(27)19-12-10-16-23-17-11-13-20-25(23)30-22-15-14-21-26(28)29-4-2/h10-13,16-17,19-20,24,27H,3-9,14-15,18,21-22H2,1-2H3/b16-10+,19-12+/t24-/m0/s1. The first kappa shape index (κ1) is 26.0. The Bertz CT molecular complexity index is 621. The first-order chi connectivity index (χ1) is 14.7. The molecule has 0 bridgehead atoms. The molecule has 0 radical (unpaired) electrons. The maximum Gasteiger partial charge on any atom is 0.305 e. The molecule has 1 rings (SSSR count). The smallest absolute Gasteiger partial charge is 0.305 e. The zero-order valence-electron chi connectivity index (χ0n) is 18.9. The average Bonchev–Trinajstić information content (AvgIpc) is 2.74. The molecule has 0 aromatic heterocycles. The predicted octanol–water partition coefficient (Wildman–Crippen LogP) is 6.48. The fourth-order valence-electron chi connectivity index (χ4n) is 3.12. The van der Waals surface area contributed by atoms with E-state index in [1.54, 1.807) is 0 Å². The van der Waals surface area contributed by atoms with Gasteiger partial charge in [0, 0.05) is 12.0 Å². The van der Waals surface area contributed by atoms with Crippen LogP contribution >= 0.6 is 0 Å². The summed E-state index contributed by atoms with van der Waals surface area (Å²) >= 11 is 0. The van der Waals surface area contributed by atoms with Gasteiger partial charge >= 0.3 is 5.97 Å². The van der Waals surface area contributed by atoms with Crippen molar-refractivity contribution in [2.75, 3.05) is 13.2 Å². The number of rotatable bonds is 17. The molecule has 0 saturated carbocycles. The molecular weight excluding hydrogens is 376 g/mol. The van der Waals surface area contributed by atoms with Crippen molar-refractivity contribution in [2.45, 2.75) is 84.2 Å². The Morgan fingerprint density at radius 3 is 2.57 bits per heavy atom. The van der Waals surface area contributed by atoms with E-state index < -0.39 is 0 Å². The van der Waals surface area contributed by atoms with Gasteiger partial charge in [-0.3, -0.25) is 4.79 Å². The topological polar surface area (TPSA) is 55.8 Å². The van der Waals surface area contributed by atoms with Gasteiger partial charge in [-0.15, -0.1) is 0 Å². The molecule has 4 heteroatoms. The minimum atomic E-state index is -0.383. The van der Waals surface area contributed by atoms with Gasteiger partial charge in [0.25, 0.3) is 0 Å². The number of hydrogen-bond acceptors (Lipinski definition) is 4. The maximum atomic E-state index is 11.3. The van der Waals surface area contributed by atoms with Crippen molar-refractivity contribution in [1.29, 1.82) is 0 Å². The van der Waals surface area contributed by atoms with Crippen molar-refractivity contribution in [2.24, 2.45) is 0 Å². The molecule has 30 heavy (non-hydrogen) atoms. The van der Waals surface area contributed by atoms with E-state index >= 15 is 0 Å². The number of ether oxygens (including phenoxy) is 2. The molecule has 0 aliphatic rings. The summed E-state index contributed by atoms with van der Waals surface area (Å²) in [5.41, 5.74) is 0.998. The Balaban J connectivity index is 2.31. The Morgan fingerprint density at radius 1 is 1.00 bits per heavy atom. The van der Waals surface area contributed by atoms with Gasteiger partial charge in [0.2, 0.25) is 0 Å². The van der Waals surface area contributed by atoms with Crippen LogP contribution in [-0.4, -0.2) is 30.4 Å². The zero-order valence-corrected chi connectivity index (χ0v) is 18.9. The molecule has 0 unspecified atom stereocenters. The second kappa shape index (κ2) is 17.8. The highest BCUT2D eigenvalue weighted by atomic mass is 16.5. The van der Waals surface area contributed by atoms with E-state index in [2.05, 4.69) is 6.92 Å². The van der Waals surface area contributed by atoms with Crippen LogP contribution in [0.4, 0.5) is 0 Å². The highest BCUT2D eigenvalue weighted by Crippen LogP contribution is 2.20. The van der Waals surface area contributed by atoms with E-state index in [9.17, 15) is 9.90 Å². The number of aliphatic hydroxyl groups excluding tert-OH is 1. The quantitative estimate of drug-likeness (QED) is 0.179. The predicted molar refractivity (Wildman–Crippen MR) is 125 cm³/mol. The molecule has 4 nitrogen and oxygen atoms in total. The van der Waals surface area contributed by atoms with E-state index in [0.29, 0.717) is 19.6 Å². The van der Waals surface area contributed by atoms with Gasteiger partial charge in [-0.2, -0.15) is 0 Å². The molecule has 0 aliphatic heterocycles. The van der Waals surface area contributed by atoms with Crippen molar-refractivity contribution in [3.63, 3.8) is 0 Å². The van der Waals surface area contributed by atoms with Crippen molar-refractivity contribution >= 4 is 12.0 Å². The second-order valence-corrected chi connectivity index (χ2v) is 7.52. The van der Waals surface area contributed by atoms with Crippen LogP contribution in [0.15, 0.2) is 42.5 Å². The third-order valence-electron chi connectivity index (χ3n) is 4.83. The molecular formula is C26H40O4. The number of allylic oxidation sites excluding steroid dienone is 2. The summed E-state index contributed by atoms with van der Waals surface area (Å²) in [6, 6.07) is 7.88. The lowest BCUT2D eigenvalue weighted by atomic mass is 10.1. The van der Waals surface area contributed by atoms with Gasteiger partial charge in [0.15, 0.2) is 0 Å². The third kappa shape index (κ3) is 13.2. The highest BCUT2D eigenvalue weighted by Gasteiger charge is 2.03. The van der Waals surface area contributed by atoms with E-state index in [-0.39, 0.29) is 12.1 Å². The molecule has 0 amide bonds. The largest absolute Gasteiger partial charge is 0.493 e. The molecule has 0 spiro atoms. The van der Waals surface area contributed by atoms with Crippen LogP contribution in [0.2, 0.25) is 0 Å². The molecule has 0 aliphatic carbocycles. The summed E-state index contributed by atoms with van der Waals surface area (Å²) in [4.78, 5) is 11.3. The summed E-state index contributed by atoms with van der Waals surface area (Å²) in [6.07, 6.45) is 17.5.